The fourth-order valence-corrected chi connectivity index (χ4v) is 6.60. The number of aliphatic hydroxyl groups is 2. The zero-order chi connectivity index (χ0) is 25.9. The molecule has 3 fully saturated rings. The van der Waals surface area contributed by atoms with Crippen LogP contribution >= 0.6 is 11.6 Å². The molecule has 3 saturated carbocycles. The smallest absolute Gasteiger partial charge is 0.274 e. The van der Waals surface area contributed by atoms with Crippen molar-refractivity contribution in [2.75, 3.05) is 5.32 Å². The van der Waals surface area contributed by atoms with Gasteiger partial charge in [0.1, 0.15) is 22.7 Å². The third kappa shape index (κ3) is 4.50. The molecule has 0 bridgehead atoms. The van der Waals surface area contributed by atoms with Gasteiger partial charge in [-0.05, 0) is 62.6 Å². The van der Waals surface area contributed by atoms with Crippen LogP contribution in [0.15, 0.2) is 24.5 Å². The third-order valence-corrected chi connectivity index (χ3v) is 8.24. The highest BCUT2D eigenvalue weighted by molar-refractivity contribution is 6.31. The first kappa shape index (κ1) is 24.8. The maximum absolute atomic E-state index is 13.5. The van der Waals surface area contributed by atoms with E-state index >= 15 is 0 Å². The number of carbonyl (C=O) groups excluding carboxylic acids is 1. The molecule has 9 heteroatoms. The summed E-state index contributed by atoms with van der Waals surface area (Å²) in [6.07, 6.45) is 4.79. The SMILES string of the molecule is Cn1cnc(C2CC3CC(O)(C#CC4(O)CC(C)(C#N)C4)CC3C2)c1C(=O)Nc1ccc(F)c(Cl)c1. The third-order valence-electron chi connectivity index (χ3n) is 7.95. The van der Waals surface area contributed by atoms with Gasteiger partial charge in [-0.1, -0.05) is 23.4 Å². The number of nitriles is 1. The minimum absolute atomic E-state index is 0.0688. The average molecular weight is 511 g/mol. The van der Waals surface area contributed by atoms with Crippen LogP contribution in [0.5, 0.6) is 0 Å². The zero-order valence-corrected chi connectivity index (χ0v) is 20.9. The van der Waals surface area contributed by atoms with Gasteiger partial charge >= 0.3 is 0 Å². The van der Waals surface area contributed by atoms with Crippen molar-refractivity contribution in [3.63, 3.8) is 0 Å². The topological polar surface area (TPSA) is 111 Å². The molecule has 3 aliphatic rings. The monoisotopic (exact) mass is 510 g/mol. The molecule has 2 atom stereocenters. The predicted molar refractivity (Wildman–Crippen MR) is 131 cm³/mol. The van der Waals surface area contributed by atoms with E-state index in [4.69, 9.17) is 11.6 Å². The lowest BCUT2D eigenvalue weighted by atomic mass is 9.61. The van der Waals surface area contributed by atoms with Gasteiger partial charge in [-0.25, -0.2) is 9.37 Å². The largest absolute Gasteiger partial charge is 0.378 e. The number of halogens is 2. The van der Waals surface area contributed by atoms with Gasteiger partial charge in [-0.2, -0.15) is 5.26 Å². The number of imidazole rings is 1. The highest BCUT2D eigenvalue weighted by Crippen LogP contribution is 2.54. The summed E-state index contributed by atoms with van der Waals surface area (Å²) in [7, 11) is 1.76. The molecule has 5 rings (SSSR count). The summed E-state index contributed by atoms with van der Waals surface area (Å²) < 4.78 is 15.2. The molecule has 2 aromatic rings. The molecular formula is C27H28ClFN4O3. The van der Waals surface area contributed by atoms with Crippen LogP contribution in [0.3, 0.4) is 0 Å². The highest BCUT2D eigenvalue weighted by Gasteiger charge is 2.52. The first-order valence-corrected chi connectivity index (χ1v) is 12.5. The number of carbonyl (C=O) groups is 1. The Bertz CT molecular complexity index is 1320. The van der Waals surface area contributed by atoms with Crippen molar-refractivity contribution in [2.45, 2.75) is 62.6 Å². The van der Waals surface area contributed by atoms with Gasteiger partial charge in [0.2, 0.25) is 0 Å². The Morgan fingerprint density at radius 1 is 1.22 bits per heavy atom. The molecular weight excluding hydrogens is 483 g/mol. The molecule has 1 amide bonds. The molecule has 2 unspecified atom stereocenters. The number of amides is 1. The summed E-state index contributed by atoms with van der Waals surface area (Å²) in [4.78, 5) is 17.6. The summed E-state index contributed by atoms with van der Waals surface area (Å²) in [6.45, 7) is 1.80. The van der Waals surface area contributed by atoms with Crippen LogP contribution in [0.2, 0.25) is 5.02 Å². The average Bonchev–Trinajstić information content (AvgIpc) is 3.45. The molecule has 188 valence electrons. The van der Waals surface area contributed by atoms with Crippen molar-refractivity contribution in [1.29, 1.82) is 5.26 Å². The van der Waals surface area contributed by atoms with Crippen molar-refractivity contribution in [1.82, 2.24) is 9.55 Å². The quantitative estimate of drug-likeness (QED) is 0.537. The molecule has 7 nitrogen and oxygen atoms in total. The van der Waals surface area contributed by atoms with Crippen molar-refractivity contribution in [3.05, 3.63) is 46.8 Å². The number of fused-ring (bicyclic) bond motifs is 1. The Morgan fingerprint density at radius 2 is 1.86 bits per heavy atom. The molecule has 0 radical (unpaired) electrons. The summed E-state index contributed by atoms with van der Waals surface area (Å²) in [5.74, 6) is 5.45. The fourth-order valence-electron chi connectivity index (χ4n) is 6.42. The number of anilines is 1. The summed E-state index contributed by atoms with van der Waals surface area (Å²) in [5.41, 5.74) is -1.35. The lowest BCUT2D eigenvalue weighted by molar-refractivity contribution is -0.0482. The Morgan fingerprint density at radius 3 is 2.47 bits per heavy atom. The maximum Gasteiger partial charge on any atom is 0.274 e. The van der Waals surface area contributed by atoms with Crippen molar-refractivity contribution < 1.29 is 19.4 Å². The first-order valence-electron chi connectivity index (χ1n) is 12.1. The minimum atomic E-state index is -1.20. The van der Waals surface area contributed by atoms with E-state index < -0.39 is 22.4 Å². The number of benzene rings is 1. The van der Waals surface area contributed by atoms with E-state index in [0.717, 1.165) is 12.8 Å². The molecule has 1 heterocycles. The van der Waals surface area contributed by atoms with Gasteiger partial charge in [0, 0.05) is 31.5 Å². The lowest BCUT2D eigenvalue weighted by Crippen LogP contribution is -2.49. The number of nitrogens with zero attached hydrogens (tertiary/aromatic N) is 3. The maximum atomic E-state index is 13.5. The van der Waals surface area contributed by atoms with E-state index in [1.54, 1.807) is 24.9 Å². The molecule has 0 aliphatic heterocycles. The number of nitrogens with one attached hydrogen (secondary N) is 1. The first-order chi connectivity index (χ1) is 16.9. The number of aromatic nitrogens is 2. The van der Waals surface area contributed by atoms with Crippen LogP contribution in [-0.2, 0) is 7.05 Å². The number of rotatable bonds is 3. The van der Waals surface area contributed by atoms with E-state index in [-0.39, 0.29) is 28.7 Å². The molecule has 0 spiro atoms. The second-order valence-corrected chi connectivity index (χ2v) is 11.5. The summed E-state index contributed by atoms with van der Waals surface area (Å²) in [6, 6.07) is 6.24. The van der Waals surface area contributed by atoms with Crippen molar-refractivity contribution in [2.24, 2.45) is 24.3 Å². The van der Waals surface area contributed by atoms with Gasteiger partial charge in [0.25, 0.3) is 5.91 Å². The van der Waals surface area contributed by atoms with Crippen LogP contribution in [0, 0.1) is 46.2 Å². The van der Waals surface area contributed by atoms with Crippen molar-refractivity contribution in [3.8, 4) is 17.9 Å². The molecule has 1 aromatic carbocycles. The summed E-state index contributed by atoms with van der Waals surface area (Å²) >= 11 is 5.84. The molecule has 36 heavy (non-hydrogen) atoms. The van der Waals surface area contributed by atoms with Gasteiger partial charge in [0.15, 0.2) is 0 Å². The fraction of sp³-hybridized carbons (Fsp3) is 0.519. The van der Waals surface area contributed by atoms with Crippen LogP contribution in [-0.4, -0.2) is 36.9 Å². The molecule has 3 N–H and O–H groups in total. The van der Waals surface area contributed by atoms with Crippen LogP contribution in [0.25, 0.3) is 0 Å². The van der Waals surface area contributed by atoms with Gasteiger partial charge in [-0.15, -0.1) is 0 Å². The van der Waals surface area contributed by atoms with Gasteiger partial charge < -0.3 is 20.1 Å². The Hall–Kier alpha value is -2.91. The van der Waals surface area contributed by atoms with Crippen LogP contribution in [0.4, 0.5) is 10.1 Å². The lowest BCUT2D eigenvalue weighted by Gasteiger charge is -2.44. The van der Waals surface area contributed by atoms with E-state index in [0.29, 0.717) is 42.8 Å². The summed E-state index contributed by atoms with van der Waals surface area (Å²) in [5, 5.41) is 33.5. The number of hydrogen-bond donors (Lipinski definition) is 3. The Kier molecular flexibility index (Phi) is 5.91. The minimum Gasteiger partial charge on any atom is -0.378 e. The van der Waals surface area contributed by atoms with E-state index in [9.17, 15) is 24.7 Å². The Balaban J connectivity index is 1.26. The molecule has 1 aromatic heterocycles. The van der Waals surface area contributed by atoms with Crippen LogP contribution in [0.1, 0.15) is 67.5 Å². The Labute approximate surface area is 214 Å². The second kappa shape index (κ2) is 8.59. The van der Waals surface area contributed by atoms with Crippen LogP contribution < -0.4 is 5.32 Å². The van der Waals surface area contributed by atoms with Gasteiger partial charge in [0.05, 0.1) is 28.5 Å². The predicted octanol–water partition coefficient (Wildman–Crippen LogP) is 4.16. The van der Waals surface area contributed by atoms with Gasteiger partial charge in [-0.3, -0.25) is 4.79 Å². The molecule has 0 saturated heterocycles. The number of hydrogen-bond acceptors (Lipinski definition) is 5. The van der Waals surface area contributed by atoms with E-state index in [1.807, 2.05) is 0 Å². The van der Waals surface area contributed by atoms with E-state index in [2.05, 4.69) is 28.2 Å². The van der Waals surface area contributed by atoms with E-state index in [1.165, 1.54) is 18.2 Å². The highest BCUT2D eigenvalue weighted by atomic mass is 35.5. The normalized spacial score (nSPS) is 34.8. The van der Waals surface area contributed by atoms with Crippen molar-refractivity contribution >= 4 is 23.2 Å². The zero-order valence-electron chi connectivity index (χ0n) is 20.2. The number of aryl methyl sites for hydroxylation is 1. The second-order valence-electron chi connectivity index (χ2n) is 11.1. The standard InChI is InChI=1S/C27H28ClFN4O3/c1-25(14-30)12-27(36,13-25)6-5-26(35)10-17-7-16(8-18(17)11-26)22-23(33(2)15-31-22)24(34)32-19-3-4-21(29)20(28)9-19/h3-4,9,15-18,35-36H,7-8,10-13H2,1-2H3,(H,32,34). The molecule has 3 aliphatic carbocycles.